The molecule has 0 radical (unpaired) electrons. The lowest BCUT2D eigenvalue weighted by atomic mass is 9.98. The predicted molar refractivity (Wildman–Crippen MR) is 41.7 cm³/mol. The molecule has 0 amide bonds. The van der Waals surface area contributed by atoms with Gasteiger partial charge in [0.25, 0.3) is 0 Å². The molecule has 1 N–H and O–H groups in total. The second-order valence-corrected chi connectivity index (χ2v) is 2.90. The van der Waals surface area contributed by atoms with Crippen LogP contribution in [0.5, 0.6) is 0 Å². The Kier molecular flexibility index (Phi) is 2.04. The van der Waals surface area contributed by atoms with Crippen molar-refractivity contribution in [2.75, 3.05) is 0 Å². The van der Waals surface area contributed by atoms with E-state index in [4.69, 9.17) is 0 Å². The molecule has 58 valence electrons. The zero-order valence-corrected chi connectivity index (χ0v) is 6.63. The van der Waals surface area contributed by atoms with Crippen molar-refractivity contribution in [1.29, 1.82) is 0 Å². The lowest BCUT2D eigenvalue weighted by Gasteiger charge is -2.10. The Hall–Kier alpha value is -0.860. The van der Waals surface area contributed by atoms with E-state index in [0.717, 1.165) is 5.82 Å². The van der Waals surface area contributed by atoms with Crippen molar-refractivity contribution in [3.63, 3.8) is 0 Å². The summed E-state index contributed by atoms with van der Waals surface area (Å²) in [5.41, 5.74) is 0. The number of hydrogen-bond acceptors (Lipinski definition) is 2. The molecular weight excluding hydrogens is 126 g/mol. The molecule has 0 saturated carbocycles. The molecule has 0 aromatic carbocycles. The van der Waals surface area contributed by atoms with Crippen LogP contribution >= 0.6 is 0 Å². The van der Waals surface area contributed by atoms with E-state index in [-0.39, 0.29) is 1.43 Å². The second kappa shape index (κ2) is 2.82. The lowest BCUT2D eigenvalue weighted by Crippen LogP contribution is -2.03. The molecule has 0 bridgehead atoms. The molecule has 3 heteroatoms. The van der Waals surface area contributed by atoms with Crippen LogP contribution in [-0.2, 0) is 0 Å². The van der Waals surface area contributed by atoms with Crippen molar-refractivity contribution in [2.45, 2.75) is 26.7 Å². The van der Waals surface area contributed by atoms with E-state index in [1.54, 1.807) is 6.33 Å². The number of nitrogens with zero attached hydrogens (tertiary/aromatic N) is 2. The van der Waals surface area contributed by atoms with Gasteiger partial charge in [-0.05, 0) is 5.92 Å². The summed E-state index contributed by atoms with van der Waals surface area (Å²) in [4.78, 5) is 4.07. The van der Waals surface area contributed by atoms with E-state index >= 15 is 0 Å². The fourth-order valence-electron chi connectivity index (χ4n) is 0.750. The molecule has 0 saturated heterocycles. The van der Waals surface area contributed by atoms with Gasteiger partial charge >= 0.3 is 0 Å². The smallest absolute Gasteiger partial charge is 0.137 e. The minimum Gasteiger partial charge on any atom is -0.263 e. The maximum absolute atomic E-state index is 4.07. The third kappa shape index (κ3) is 1.35. The fourth-order valence-corrected chi connectivity index (χ4v) is 0.750. The molecular formula is C7H15N3. The predicted octanol–water partition coefficient (Wildman–Crippen LogP) is 1.81. The minimum absolute atomic E-state index is 0. The number of nitrogens with one attached hydrogen (secondary N) is 1. The molecule has 0 aliphatic heterocycles. The topological polar surface area (TPSA) is 41.6 Å². The van der Waals surface area contributed by atoms with Gasteiger partial charge in [0, 0.05) is 7.34 Å². The van der Waals surface area contributed by atoms with Gasteiger partial charge in [-0.25, -0.2) is 4.98 Å². The third-order valence-electron chi connectivity index (χ3n) is 1.86. The van der Waals surface area contributed by atoms with Crippen molar-refractivity contribution in [3.05, 3.63) is 12.2 Å². The summed E-state index contributed by atoms with van der Waals surface area (Å²) in [6.07, 6.45) is 1.55. The molecule has 10 heavy (non-hydrogen) atoms. The first-order valence-electron chi connectivity index (χ1n) is 3.57. The Labute approximate surface area is 62.4 Å². The molecule has 1 rings (SSSR count). The first kappa shape index (κ1) is 7.25. The van der Waals surface area contributed by atoms with Gasteiger partial charge in [-0.2, -0.15) is 5.10 Å². The lowest BCUT2D eigenvalue weighted by molar-refractivity contribution is 0.512. The molecule has 0 spiro atoms. The summed E-state index contributed by atoms with van der Waals surface area (Å²) in [5, 5.41) is 6.65. The molecule has 1 heterocycles. The van der Waals surface area contributed by atoms with E-state index in [2.05, 4.69) is 36.0 Å². The quantitative estimate of drug-likeness (QED) is 0.682. The monoisotopic (exact) mass is 141 g/mol. The molecule has 1 atom stereocenters. The van der Waals surface area contributed by atoms with Crippen LogP contribution in [0.1, 0.15) is 33.9 Å². The summed E-state index contributed by atoms with van der Waals surface area (Å²) >= 11 is 0. The molecule has 0 fully saturated rings. The van der Waals surface area contributed by atoms with E-state index in [0.29, 0.717) is 11.8 Å². The van der Waals surface area contributed by atoms with Crippen molar-refractivity contribution in [2.24, 2.45) is 5.92 Å². The zero-order chi connectivity index (χ0) is 7.56. The Morgan fingerprint density at radius 2 is 2.20 bits per heavy atom. The number of rotatable bonds is 2. The van der Waals surface area contributed by atoms with Gasteiger partial charge in [-0.15, -0.1) is 0 Å². The van der Waals surface area contributed by atoms with Gasteiger partial charge < -0.3 is 0 Å². The van der Waals surface area contributed by atoms with Crippen molar-refractivity contribution < 1.29 is 1.43 Å². The van der Waals surface area contributed by atoms with Gasteiger partial charge in [0.15, 0.2) is 0 Å². The van der Waals surface area contributed by atoms with Crippen LogP contribution in [0.3, 0.4) is 0 Å². The highest BCUT2D eigenvalue weighted by molar-refractivity contribution is 4.91. The molecule has 1 unspecified atom stereocenters. The van der Waals surface area contributed by atoms with Crippen LogP contribution < -0.4 is 0 Å². The number of aromatic nitrogens is 3. The number of aromatic amines is 1. The highest BCUT2D eigenvalue weighted by Crippen LogP contribution is 2.18. The zero-order valence-electron chi connectivity index (χ0n) is 6.63. The van der Waals surface area contributed by atoms with E-state index in [9.17, 15) is 0 Å². The highest BCUT2D eigenvalue weighted by atomic mass is 15.2. The van der Waals surface area contributed by atoms with Crippen LogP contribution in [0.25, 0.3) is 0 Å². The van der Waals surface area contributed by atoms with Gasteiger partial charge in [0.05, 0.1) is 0 Å². The number of hydrogen-bond donors (Lipinski definition) is 1. The second-order valence-electron chi connectivity index (χ2n) is 2.90. The summed E-state index contributed by atoms with van der Waals surface area (Å²) in [6.45, 7) is 6.49. The number of H-pyrrole nitrogens is 1. The summed E-state index contributed by atoms with van der Waals surface area (Å²) < 4.78 is 0. The van der Waals surface area contributed by atoms with Crippen molar-refractivity contribution >= 4 is 0 Å². The Morgan fingerprint density at radius 3 is 2.60 bits per heavy atom. The fraction of sp³-hybridized carbons (Fsp3) is 0.714. The van der Waals surface area contributed by atoms with Gasteiger partial charge in [-0.3, -0.25) is 5.10 Å². The summed E-state index contributed by atoms with van der Waals surface area (Å²) in [6, 6.07) is 0. The Bertz CT molecular complexity index is 184. The largest absolute Gasteiger partial charge is 0.263 e. The summed E-state index contributed by atoms with van der Waals surface area (Å²) in [7, 11) is 0. The van der Waals surface area contributed by atoms with Crippen molar-refractivity contribution in [3.8, 4) is 0 Å². The SMILES string of the molecule is CC(C)C(C)c1ncn[nH]1.[HH]. The highest BCUT2D eigenvalue weighted by Gasteiger charge is 2.11. The van der Waals surface area contributed by atoms with Crippen LogP contribution in [0.2, 0.25) is 0 Å². The summed E-state index contributed by atoms with van der Waals surface area (Å²) in [5.74, 6) is 2.07. The first-order valence-corrected chi connectivity index (χ1v) is 3.57. The molecule has 1 aromatic heterocycles. The van der Waals surface area contributed by atoms with E-state index in [1.165, 1.54) is 0 Å². The van der Waals surface area contributed by atoms with Crippen LogP contribution in [0, 0.1) is 5.92 Å². The van der Waals surface area contributed by atoms with Crippen LogP contribution in [-0.4, -0.2) is 15.2 Å². The normalized spacial score (nSPS) is 14.0. The van der Waals surface area contributed by atoms with E-state index < -0.39 is 0 Å². The van der Waals surface area contributed by atoms with Crippen LogP contribution in [0.15, 0.2) is 6.33 Å². The standard InChI is InChI=1S/C7H13N3.H2/c1-5(2)6(3)7-8-4-9-10-7;/h4-6H,1-3H3,(H,8,9,10);1H. The Balaban J connectivity index is 0.000001000. The van der Waals surface area contributed by atoms with E-state index in [1.807, 2.05) is 0 Å². The Morgan fingerprint density at radius 1 is 1.50 bits per heavy atom. The van der Waals surface area contributed by atoms with Gasteiger partial charge in [0.1, 0.15) is 12.2 Å². The van der Waals surface area contributed by atoms with Gasteiger partial charge in [-0.1, -0.05) is 20.8 Å². The maximum atomic E-state index is 4.07. The molecule has 0 aliphatic carbocycles. The maximum Gasteiger partial charge on any atom is 0.137 e. The molecule has 1 aromatic rings. The molecule has 3 nitrogen and oxygen atoms in total. The average Bonchev–Trinajstić information content (AvgIpc) is 2.36. The van der Waals surface area contributed by atoms with Crippen LogP contribution in [0.4, 0.5) is 0 Å². The molecule has 0 aliphatic rings. The third-order valence-corrected chi connectivity index (χ3v) is 1.86. The average molecular weight is 141 g/mol. The first-order chi connectivity index (χ1) is 4.72. The minimum atomic E-state index is 0. The van der Waals surface area contributed by atoms with Gasteiger partial charge in [0.2, 0.25) is 0 Å². The van der Waals surface area contributed by atoms with Crippen molar-refractivity contribution in [1.82, 2.24) is 15.2 Å².